The Morgan fingerprint density at radius 1 is 0.964 bits per heavy atom. The Balaban J connectivity index is 1.63. The Kier molecular flexibility index (Phi) is 5.14. The minimum Gasteiger partial charge on any atom is -0.351 e. The number of hydrogen-bond acceptors (Lipinski definition) is 6. The summed E-state index contributed by atoms with van der Waals surface area (Å²) in [5.74, 6) is 1.24. The van der Waals surface area contributed by atoms with Gasteiger partial charge in [-0.2, -0.15) is 4.98 Å². The van der Waals surface area contributed by atoms with Gasteiger partial charge in [-0.15, -0.1) is 0 Å². The summed E-state index contributed by atoms with van der Waals surface area (Å²) in [6.45, 7) is 0. The molecule has 0 aliphatic heterocycles. The van der Waals surface area contributed by atoms with Crippen molar-refractivity contribution in [1.29, 1.82) is 0 Å². The fourth-order valence-corrected chi connectivity index (χ4v) is 3.40. The largest absolute Gasteiger partial charge is 0.351 e. The third kappa shape index (κ3) is 4.25. The number of hydrogen-bond donors (Lipinski definition) is 2. The third-order valence-electron chi connectivity index (χ3n) is 4.83. The molecule has 0 unspecified atom stereocenters. The molecular weight excluding hydrogens is 354 g/mol. The zero-order valence-corrected chi connectivity index (χ0v) is 15.3. The molecular formula is C21H21N5O2. The number of benzene rings is 2. The highest BCUT2D eigenvalue weighted by atomic mass is 16.6. The van der Waals surface area contributed by atoms with Crippen LogP contribution in [0.15, 0.2) is 60.7 Å². The molecule has 2 aromatic carbocycles. The smallest absolute Gasteiger partial charge is 0.269 e. The number of nitrogens with zero attached hydrogens (tertiary/aromatic N) is 3. The Morgan fingerprint density at radius 2 is 1.68 bits per heavy atom. The van der Waals surface area contributed by atoms with E-state index in [1.165, 1.54) is 25.0 Å². The van der Waals surface area contributed by atoms with Gasteiger partial charge in [-0.1, -0.05) is 43.2 Å². The number of anilines is 3. The molecule has 0 atom stereocenters. The van der Waals surface area contributed by atoms with Crippen LogP contribution in [-0.2, 0) is 0 Å². The van der Waals surface area contributed by atoms with E-state index in [2.05, 4.69) is 15.6 Å². The van der Waals surface area contributed by atoms with Gasteiger partial charge in [0.25, 0.3) is 5.69 Å². The highest BCUT2D eigenvalue weighted by molar-refractivity contribution is 5.67. The molecule has 1 aliphatic carbocycles. The maximum atomic E-state index is 10.8. The zero-order chi connectivity index (χ0) is 19.3. The van der Waals surface area contributed by atoms with E-state index in [1.54, 1.807) is 12.1 Å². The van der Waals surface area contributed by atoms with E-state index in [0.29, 0.717) is 17.8 Å². The van der Waals surface area contributed by atoms with Gasteiger partial charge in [-0.3, -0.25) is 10.1 Å². The molecule has 7 heteroatoms. The number of nitrogens with one attached hydrogen (secondary N) is 2. The third-order valence-corrected chi connectivity index (χ3v) is 4.83. The SMILES string of the molecule is O=[N+]([O-])c1ccc(Nc2cc(-c3ccccc3)nc(NC3CCCC3)n2)cc1. The van der Waals surface area contributed by atoms with E-state index < -0.39 is 4.92 Å². The fraction of sp³-hybridized carbons (Fsp3) is 0.238. The van der Waals surface area contributed by atoms with Crippen LogP contribution in [0.4, 0.5) is 23.1 Å². The van der Waals surface area contributed by atoms with Crippen LogP contribution in [0.5, 0.6) is 0 Å². The first kappa shape index (κ1) is 17.9. The van der Waals surface area contributed by atoms with Gasteiger partial charge in [-0.25, -0.2) is 4.98 Å². The van der Waals surface area contributed by atoms with Gasteiger partial charge in [-0.05, 0) is 25.0 Å². The molecule has 0 spiro atoms. The molecule has 0 radical (unpaired) electrons. The highest BCUT2D eigenvalue weighted by Crippen LogP contribution is 2.26. The minimum atomic E-state index is -0.411. The molecule has 1 aromatic heterocycles. The van der Waals surface area contributed by atoms with Gasteiger partial charge in [0.05, 0.1) is 10.6 Å². The van der Waals surface area contributed by atoms with Crippen LogP contribution >= 0.6 is 0 Å². The van der Waals surface area contributed by atoms with E-state index in [0.717, 1.165) is 29.8 Å². The van der Waals surface area contributed by atoms with Gasteiger partial charge in [0.15, 0.2) is 0 Å². The van der Waals surface area contributed by atoms with Gasteiger partial charge < -0.3 is 10.6 Å². The van der Waals surface area contributed by atoms with Crippen LogP contribution < -0.4 is 10.6 Å². The predicted octanol–water partition coefficient (Wildman–Crippen LogP) is 5.15. The van der Waals surface area contributed by atoms with Crippen molar-refractivity contribution in [3.8, 4) is 11.3 Å². The molecule has 1 fully saturated rings. The van der Waals surface area contributed by atoms with Crippen LogP contribution in [0.2, 0.25) is 0 Å². The lowest BCUT2D eigenvalue weighted by Crippen LogP contribution is -2.17. The minimum absolute atomic E-state index is 0.0572. The van der Waals surface area contributed by atoms with Crippen LogP contribution in [0.1, 0.15) is 25.7 Å². The Hall–Kier alpha value is -3.48. The van der Waals surface area contributed by atoms with Crippen LogP contribution in [-0.4, -0.2) is 20.9 Å². The Labute approximate surface area is 163 Å². The van der Waals surface area contributed by atoms with Crippen molar-refractivity contribution in [2.24, 2.45) is 0 Å². The van der Waals surface area contributed by atoms with E-state index in [9.17, 15) is 10.1 Å². The molecule has 0 saturated heterocycles. The maximum absolute atomic E-state index is 10.8. The van der Waals surface area contributed by atoms with Crippen LogP contribution in [0.3, 0.4) is 0 Å². The molecule has 4 rings (SSSR count). The molecule has 2 N–H and O–H groups in total. The topological polar surface area (TPSA) is 93.0 Å². The van der Waals surface area contributed by atoms with Gasteiger partial charge in [0, 0.05) is 35.5 Å². The molecule has 7 nitrogen and oxygen atoms in total. The van der Waals surface area contributed by atoms with Crippen LogP contribution in [0.25, 0.3) is 11.3 Å². The summed E-state index contributed by atoms with van der Waals surface area (Å²) in [7, 11) is 0. The molecule has 3 aromatic rings. The van der Waals surface area contributed by atoms with Gasteiger partial charge in [0.2, 0.25) is 5.95 Å². The summed E-state index contributed by atoms with van der Waals surface area (Å²) in [5.41, 5.74) is 2.61. The van der Waals surface area contributed by atoms with Gasteiger partial charge in [0.1, 0.15) is 5.82 Å². The Bertz CT molecular complexity index is 954. The quantitative estimate of drug-likeness (QED) is 0.457. The molecule has 28 heavy (non-hydrogen) atoms. The summed E-state index contributed by atoms with van der Waals surface area (Å²) < 4.78 is 0. The number of nitro benzene ring substituents is 1. The predicted molar refractivity (Wildman–Crippen MR) is 110 cm³/mol. The van der Waals surface area contributed by atoms with Crippen LogP contribution in [0, 0.1) is 10.1 Å². The summed E-state index contributed by atoms with van der Waals surface area (Å²) in [6.07, 6.45) is 4.71. The lowest BCUT2D eigenvalue weighted by Gasteiger charge is -2.15. The maximum Gasteiger partial charge on any atom is 0.269 e. The molecule has 0 bridgehead atoms. The number of aromatic nitrogens is 2. The number of rotatable bonds is 6. The van der Waals surface area contributed by atoms with Crippen molar-refractivity contribution >= 4 is 23.1 Å². The summed E-state index contributed by atoms with van der Waals surface area (Å²) in [5, 5.41) is 17.5. The lowest BCUT2D eigenvalue weighted by molar-refractivity contribution is -0.384. The number of nitro groups is 1. The van der Waals surface area contributed by atoms with E-state index >= 15 is 0 Å². The molecule has 1 heterocycles. The average Bonchev–Trinajstić information content (AvgIpc) is 3.22. The summed E-state index contributed by atoms with van der Waals surface area (Å²) in [4.78, 5) is 19.7. The monoisotopic (exact) mass is 375 g/mol. The lowest BCUT2D eigenvalue weighted by atomic mass is 10.1. The molecule has 0 amide bonds. The van der Waals surface area contributed by atoms with Crippen molar-refractivity contribution in [2.75, 3.05) is 10.6 Å². The van der Waals surface area contributed by atoms with Crippen molar-refractivity contribution < 1.29 is 4.92 Å². The van der Waals surface area contributed by atoms with E-state index in [-0.39, 0.29) is 5.69 Å². The Morgan fingerprint density at radius 3 is 2.36 bits per heavy atom. The van der Waals surface area contributed by atoms with Crippen molar-refractivity contribution in [3.63, 3.8) is 0 Å². The second-order valence-electron chi connectivity index (χ2n) is 6.88. The zero-order valence-electron chi connectivity index (χ0n) is 15.3. The second-order valence-corrected chi connectivity index (χ2v) is 6.88. The number of non-ortho nitro benzene ring substituents is 1. The van der Waals surface area contributed by atoms with Crippen molar-refractivity contribution in [1.82, 2.24) is 9.97 Å². The molecule has 1 aliphatic rings. The normalized spacial score (nSPS) is 14.0. The van der Waals surface area contributed by atoms with E-state index in [1.807, 2.05) is 36.4 Å². The molecule has 1 saturated carbocycles. The second kappa shape index (κ2) is 8.04. The summed E-state index contributed by atoms with van der Waals surface area (Å²) in [6, 6.07) is 18.5. The van der Waals surface area contributed by atoms with E-state index in [4.69, 9.17) is 4.98 Å². The summed E-state index contributed by atoms with van der Waals surface area (Å²) >= 11 is 0. The fourth-order valence-electron chi connectivity index (χ4n) is 3.40. The highest BCUT2D eigenvalue weighted by Gasteiger charge is 2.17. The van der Waals surface area contributed by atoms with Gasteiger partial charge >= 0.3 is 0 Å². The standard InChI is InChI=1S/C21H21N5O2/c27-26(28)18-12-10-17(11-13-18)22-20-14-19(15-6-2-1-3-7-15)24-21(25-20)23-16-8-4-5-9-16/h1-3,6-7,10-14,16H,4-5,8-9H2,(H2,22,23,24,25). The van der Waals surface area contributed by atoms with Crippen molar-refractivity contribution in [2.45, 2.75) is 31.7 Å². The first-order valence-electron chi connectivity index (χ1n) is 9.40. The molecule has 142 valence electrons. The first-order valence-corrected chi connectivity index (χ1v) is 9.40. The first-order chi connectivity index (χ1) is 13.7. The van der Waals surface area contributed by atoms with Crippen molar-refractivity contribution in [3.05, 3.63) is 70.8 Å². The average molecular weight is 375 g/mol.